The molecule has 1 aromatic rings. The molecule has 0 saturated heterocycles. The van der Waals surface area contributed by atoms with Crippen LogP contribution in [0.5, 0.6) is 5.75 Å². The van der Waals surface area contributed by atoms with Crippen LogP contribution in [0.25, 0.3) is 0 Å². The second kappa shape index (κ2) is 7.48. The zero-order valence-electron chi connectivity index (χ0n) is 12.3. The Morgan fingerprint density at radius 2 is 2.05 bits per heavy atom. The first-order valence-corrected chi connectivity index (χ1v) is 6.57. The molecule has 0 aromatic heterocycles. The van der Waals surface area contributed by atoms with E-state index in [1.807, 2.05) is 12.1 Å². The number of rotatable bonds is 8. The van der Waals surface area contributed by atoms with E-state index >= 15 is 0 Å². The van der Waals surface area contributed by atoms with Crippen LogP contribution in [-0.2, 0) is 11.3 Å². The van der Waals surface area contributed by atoms with Crippen molar-refractivity contribution >= 4 is 0 Å². The van der Waals surface area contributed by atoms with Gasteiger partial charge in [-0.05, 0) is 26.8 Å². The largest absolute Gasteiger partial charge is 0.490 e. The van der Waals surface area contributed by atoms with Crippen LogP contribution >= 0.6 is 0 Å². The number of aryl methyl sites for hydroxylation is 1. The molecule has 0 bridgehead atoms. The lowest BCUT2D eigenvalue weighted by Gasteiger charge is -2.20. The minimum absolute atomic E-state index is 0.279. The van der Waals surface area contributed by atoms with Crippen LogP contribution in [-0.4, -0.2) is 37.6 Å². The van der Waals surface area contributed by atoms with Gasteiger partial charge in [0, 0.05) is 25.8 Å². The van der Waals surface area contributed by atoms with Gasteiger partial charge >= 0.3 is 0 Å². The molecule has 1 aromatic carbocycles. The van der Waals surface area contributed by atoms with Crippen molar-refractivity contribution in [3.05, 3.63) is 29.3 Å². The summed E-state index contributed by atoms with van der Waals surface area (Å²) in [7, 11) is 1.69. The number of methoxy groups -OCH3 is 1. The number of aliphatic hydroxyl groups is 1. The predicted octanol–water partition coefficient (Wildman–Crippen LogP) is 1.88. The van der Waals surface area contributed by atoms with E-state index in [0.29, 0.717) is 6.61 Å². The summed E-state index contributed by atoms with van der Waals surface area (Å²) >= 11 is 0. The Labute approximate surface area is 115 Å². The van der Waals surface area contributed by atoms with E-state index in [0.717, 1.165) is 24.4 Å². The highest BCUT2D eigenvalue weighted by Crippen LogP contribution is 2.21. The summed E-state index contributed by atoms with van der Waals surface area (Å²) in [6.45, 7) is 8.02. The van der Waals surface area contributed by atoms with Gasteiger partial charge in [-0.2, -0.15) is 0 Å². The minimum Gasteiger partial charge on any atom is -0.490 e. The van der Waals surface area contributed by atoms with E-state index in [1.165, 1.54) is 5.56 Å². The second-order valence-corrected chi connectivity index (χ2v) is 5.38. The molecule has 2 N–H and O–H groups in total. The van der Waals surface area contributed by atoms with E-state index in [4.69, 9.17) is 9.47 Å². The van der Waals surface area contributed by atoms with Gasteiger partial charge < -0.3 is 19.9 Å². The van der Waals surface area contributed by atoms with E-state index < -0.39 is 5.60 Å². The summed E-state index contributed by atoms with van der Waals surface area (Å²) in [6, 6.07) is 6.06. The van der Waals surface area contributed by atoms with Gasteiger partial charge in [-0.3, -0.25) is 0 Å². The smallest absolute Gasteiger partial charge is 0.123 e. The third-order valence-corrected chi connectivity index (χ3v) is 2.60. The summed E-state index contributed by atoms with van der Waals surface area (Å²) in [5.74, 6) is 0.817. The molecule has 0 spiro atoms. The van der Waals surface area contributed by atoms with Crippen LogP contribution in [0.2, 0.25) is 0 Å². The molecule has 0 radical (unpaired) electrons. The highest BCUT2D eigenvalue weighted by molar-refractivity contribution is 5.36. The fraction of sp³-hybridized carbons (Fsp3) is 0.600. The number of nitrogens with one attached hydrogen (secondary N) is 1. The Balaban J connectivity index is 2.63. The van der Waals surface area contributed by atoms with Gasteiger partial charge in [-0.15, -0.1) is 0 Å². The van der Waals surface area contributed by atoms with Crippen molar-refractivity contribution < 1.29 is 14.6 Å². The molecule has 4 nitrogen and oxygen atoms in total. The molecule has 0 heterocycles. The van der Waals surface area contributed by atoms with Crippen LogP contribution in [0, 0.1) is 6.92 Å². The van der Waals surface area contributed by atoms with Crippen molar-refractivity contribution in [2.24, 2.45) is 0 Å². The van der Waals surface area contributed by atoms with E-state index in [-0.39, 0.29) is 6.61 Å². The maximum Gasteiger partial charge on any atom is 0.123 e. The summed E-state index contributed by atoms with van der Waals surface area (Å²) in [6.07, 6.45) is 0. The second-order valence-electron chi connectivity index (χ2n) is 5.38. The Hall–Kier alpha value is -1.10. The minimum atomic E-state index is -0.828. The zero-order valence-corrected chi connectivity index (χ0v) is 12.3. The van der Waals surface area contributed by atoms with Crippen molar-refractivity contribution in [3.8, 4) is 5.75 Å². The Kier molecular flexibility index (Phi) is 6.28. The molecule has 0 atom stereocenters. The van der Waals surface area contributed by atoms with Crippen LogP contribution in [0.15, 0.2) is 18.2 Å². The van der Waals surface area contributed by atoms with Crippen molar-refractivity contribution in [2.75, 3.05) is 26.9 Å². The van der Waals surface area contributed by atoms with Gasteiger partial charge in [0.1, 0.15) is 12.4 Å². The van der Waals surface area contributed by atoms with Crippen LogP contribution in [0.3, 0.4) is 0 Å². The van der Waals surface area contributed by atoms with E-state index in [9.17, 15) is 5.11 Å². The average molecular weight is 267 g/mol. The van der Waals surface area contributed by atoms with Gasteiger partial charge in [0.2, 0.25) is 0 Å². The summed E-state index contributed by atoms with van der Waals surface area (Å²) in [5.41, 5.74) is 1.46. The highest BCUT2D eigenvalue weighted by atomic mass is 16.5. The molecule has 0 aliphatic rings. The first-order valence-electron chi connectivity index (χ1n) is 6.57. The molecule has 0 fully saturated rings. The first-order chi connectivity index (χ1) is 8.92. The van der Waals surface area contributed by atoms with Crippen LogP contribution < -0.4 is 10.1 Å². The fourth-order valence-electron chi connectivity index (χ4n) is 1.64. The molecule has 0 unspecified atom stereocenters. The van der Waals surface area contributed by atoms with Crippen molar-refractivity contribution in [1.29, 1.82) is 0 Å². The third kappa shape index (κ3) is 6.57. The molecule has 1 rings (SSSR count). The summed E-state index contributed by atoms with van der Waals surface area (Å²) in [4.78, 5) is 0. The van der Waals surface area contributed by atoms with Gasteiger partial charge in [0.05, 0.1) is 12.2 Å². The van der Waals surface area contributed by atoms with Gasteiger partial charge in [0.15, 0.2) is 0 Å². The molecule has 19 heavy (non-hydrogen) atoms. The molecule has 0 aliphatic heterocycles. The number of hydrogen-bond acceptors (Lipinski definition) is 4. The van der Waals surface area contributed by atoms with Gasteiger partial charge in [0.25, 0.3) is 0 Å². The van der Waals surface area contributed by atoms with Gasteiger partial charge in [-0.1, -0.05) is 17.7 Å². The number of hydrogen-bond donors (Lipinski definition) is 2. The van der Waals surface area contributed by atoms with Crippen LogP contribution in [0.4, 0.5) is 0 Å². The van der Waals surface area contributed by atoms with Crippen molar-refractivity contribution in [2.45, 2.75) is 32.9 Å². The Morgan fingerprint density at radius 1 is 1.32 bits per heavy atom. The Morgan fingerprint density at radius 3 is 2.68 bits per heavy atom. The fourth-order valence-corrected chi connectivity index (χ4v) is 1.64. The standard InChI is InChI=1S/C15H25NO3/c1-12-5-6-14(19-11-15(2,3)17)13(9-12)10-16-7-8-18-4/h5-6,9,16-17H,7-8,10-11H2,1-4H3. The van der Waals surface area contributed by atoms with Crippen LogP contribution in [0.1, 0.15) is 25.0 Å². The number of benzene rings is 1. The summed E-state index contributed by atoms with van der Waals surface area (Å²) < 4.78 is 10.7. The lowest BCUT2D eigenvalue weighted by molar-refractivity contribution is 0.0281. The van der Waals surface area contributed by atoms with E-state index in [2.05, 4.69) is 18.3 Å². The molecule has 0 amide bonds. The third-order valence-electron chi connectivity index (χ3n) is 2.60. The maximum atomic E-state index is 9.71. The highest BCUT2D eigenvalue weighted by Gasteiger charge is 2.14. The van der Waals surface area contributed by atoms with Gasteiger partial charge in [-0.25, -0.2) is 0 Å². The Bertz CT molecular complexity index is 385. The van der Waals surface area contributed by atoms with Crippen molar-refractivity contribution in [3.63, 3.8) is 0 Å². The molecule has 4 heteroatoms. The lowest BCUT2D eigenvalue weighted by atomic mass is 10.1. The average Bonchev–Trinajstić information content (AvgIpc) is 2.32. The summed E-state index contributed by atoms with van der Waals surface area (Å²) in [5, 5.41) is 13.0. The first kappa shape index (κ1) is 16.0. The SMILES string of the molecule is COCCNCc1cc(C)ccc1OCC(C)(C)O. The quantitative estimate of drug-likeness (QED) is 0.706. The normalized spacial score (nSPS) is 11.6. The topological polar surface area (TPSA) is 50.7 Å². The molecule has 0 aliphatic carbocycles. The molecule has 108 valence electrons. The predicted molar refractivity (Wildman–Crippen MR) is 76.6 cm³/mol. The zero-order chi connectivity index (χ0) is 14.3. The molecule has 0 saturated carbocycles. The molecular formula is C15H25NO3. The molecular weight excluding hydrogens is 242 g/mol. The number of ether oxygens (including phenoxy) is 2. The lowest BCUT2D eigenvalue weighted by Crippen LogP contribution is -2.28. The maximum absolute atomic E-state index is 9.71. The van der Waals surface area contributed by atoms with Crippen molar-refractivity contribution in [1.82, 2.24) is 5.32 Å². The monoisotopic (exact) mass is 267 g/mol. The van der Waals surface area contributed by atoms with E-state index in [1.54, 1.807) is 21.0 Å².